The van der Waals surface area contributed by atoms with Crippen LogP contribution in [0.5, 0.6) is 0 Å². The van der Waals surface area contributed by atoms with Gasteiger partial charge in [-0.1, -0.05) is 6.92 Å². The molecular formula is C12H19NO2S2. The van der Waals surface area contributed by atoms with Gasteiger partial charge in [-0.15, -0.1) is 11.3 Å². The van der Waals surface area contributed by atoms with Gasteiger partial charge in [0.15, 0.2) is 0 Å². The highest BCUT2D eigenvalue weighted by Crippen LogP contribution is 2.16. The smallest absolute Gasteiger partial charge is 0.0925 e. The van der Waals surface area contributed by atoms with Crippen molar-refractivity contribution in [2.24, 2.45) is 0 Å². The Bertz CT molecular complexity index is 372. The molecule has 17 heavy (non-hydrogen) atoms. The molecule has 1 aromatic rings. The van der Waals surface area contributed by atoms with E-state index < -0.39 is 10.8 Å². The highest BCUT2D eigenvalue weighted by Gasteiger charge is 2.17. The van der Waals surface area contributed by atoms with Crippen LogP contribution in [0, 0.1) is 0 Å². The molecule has 2 atom stereocenters. The van der Waals surface area contributed by atoms with Crippen molar-refractivity contribution in [3.05, 3.63) is 16.1 Å². The van der Waals surface area contributed by atoms with Gasteiger partial charge in [0, 0.05) is 22.8 Å². The molecule has 0 N–H and O–H groups in total. The number of nitrogens with zero attached hydrogens (tertiary/aromatic N) is 1. The van der Waals surface area contributed by atoms with E-state index >= 15 is 0 Å². The lowest BCUT2D eigenvalue weighted by Gasteiger charge is -2.21. The minimum absolute atomic E-state index is 0.203. The molecule has 1 saturated heterocycles. The van der Waals surface area contributed by atoms with E-state index in [9.17, 15) is 4.21 Å². The maximum absolute atomic E-state index is 12.0. The lowest BCUT2D eigenvalue weighted by Crippen LogP contribution is -2.25. The predicted octanol–water partition coefficient (Wildman–Crippen LogP) is 2.52. The average Bonchev–Trinajstić information content (AvgIpc) is 2.78. The molecule has 1 aliphatic rings. The van der Waals surface area contributed by atoms with Crippen LogP contribution in [0.25, 0.3) is 0 Å². The first-order chi connectivity index (χ1) is 8.28. The van der Waals surface area contributed by atoms with Gasteiger partial charge in [0.25, 0.3) is 0 Å². The van der Waals surface area contributed by atoms with E-state index in [0.717, 1.165) is 36.6 Å². The molecule has 1 aliphatic heterocycles. The van der Waals surface area contributed by atoms with Crippen LogP contribution in [-0.4, -0.2) is 27.7 Å². The van der Waals surface area contributed by atoms with Crippen LogP contribution in [0.15, 0.2) is 5.38 Å². The Morgan fingerprint density at radius 1 is 1.59 bits per heavy atom. The molecular weight excluding hydrogens is 254 g/mol. The van der Waals surface area contributed by atoms with Crippen LogP contribution in [0.1, 0.15) is 36.9 Å². The number of aryl methyl sites for hydroxylation is 1. The summed E-state index contributed by atoms with van der Waals surface area (Å²) >= 11 is 1.66. The van der Waals surface area contributed by atoms with Crippen LogP contribution in [-0.2, 0) is 27.7 Å². The fourth-order valence-electron chi connectivity index (χ4n) is 1.95. The summed E-state index contributed by atoms with van der Waals surface area (Å²) in [5, 5.41) is 3.16. The fourth-order valence-corrected chi connectivity index (χ4v) is 4.07. The van der Waals surface area contributed by atoms with Crippen LogP contribution in [0.3, 0.4) is 0 Å². The molecule has 5 heteroatoms. The number of hydrogen-bond donors (Lipinski definition) is 0. The molecule has 1 aromatic heterocycles. The van der Waals surface area contributed by atoms with Gasteiger partial charge >= 0.3 is 0 Å². The minimum Gasteiger partial charge on any atom is -0.377 e. The number of hydrogen-bond acceptors (Lipinski definition) is 4. The van der Waals surface area contributed by atoms with Gasteiger partial charge in [-0.25, -0.2) is 4.98 Å². The Labute approximate surface area is 109 Å². The summed E-state index contributed by atoms with van der Waals surface area (Å²) in [7, 11) is -0.838. The quantitative estimate of drug-likeness (QED) is 0.827. The summed E-state index contributed by atoms with van der Waals surface area (Å²) in [5.74, 6) is 1.25. The summed E-state index contributed by atoms with van der Waals surface area (Å²) in [4.78, 5) is 4.45. The fraction of sp³-hybridized carbons (Fsp3) is 0.750. The van der Waals surface area contributed by atoms with Gasteiger partial charge in [-0.3, -0.25) is 4.21 Å². The molecule has 0 bridgehead atoms. The summed E-state index contributed by atoms with van der Waals surface area (Å²) in [6, 6.07) is 0. The SMILES string of the molecule is CCc1nc(C[S@@](=O)C[C@@H]2CCCCO2)cs1. The van der Waals surface area contributed by atoms with Gasteiger partial charge in [0.2, 0.25) is 0 Å². The molecule has 0 saturated carbocycles. The van der Waals surface area contributed by atoms with Crippen LogP contribution in [0.2, 0.25) is 0 Å². The van der Waals surface area contributed by atoms with Gasteiger partial charge in [-0.2, -0.15) is 0 Å². The van der Waals surface area contributed by atoms with Crippen molar-refractivity contribution < 1.29 is 8.95 Å². The number of thiazole rings is 1. The Morgan fingerprint density at radius 3 is 3.12 bits per heavy atom. The standard InChI is InChI=1S/C12H19NO2S2/c1-2-12-13-10(7-16-12)8-17(14)9-11-5-3-4-6-15-11/h7,11H,2-6,8-9H2,1H3/t11-,17+/m0/s1. The van der Waals surface area contributed by atoms with Crippen molar-refractivity contribution in [3.8, 4) is 0 Å². The molecule has 2 rings (SSSR count). The van der Waals surface area contributed by atoms with Crippen molar-refractivity contribution in [1.29, 1.82) is 0 Å². The van der Waals surface area contributed by atoms with Crippen molar-refractivity contribution >= 4 is 22.1 Å². The molecule has 0 aliphatic carbocycles. The Hall–Kier alpha value is -0.260. The maximum atomic E-state index is 12.0. The minimum atomic E-state index is -0.838. The second-order valence-electron chi connectivity index (χ2n) is 4.33. The molecule has 96 valence electrons. The second kappa shape index (κ2) is 6.61. The zero-order chi connectivity index (χ0) is 12.1. The molecule has 1 fully saturated rings. The van der Waals surface area contributed by atoms with E-state index in [1.54, 1.807) is 11.3 Å². The van der Waals surface area contributed by atoms with Crippen molar-refractivity contribution in [1.82, 2.24) is 4.98 Å². The molecule has 0 aromatic carbocycles. The lowest BCUT2D eigenvalue weighted by molar-refractivity contribution is 0.0310. The van der Waals surface area contributed by atoms with Gasteiger partial charge in [0.05, 0.1) is 28.3 Å². The molecule has 0 amide bonds. The lowest BCUT2D eigenvalue weighted by atomic mass is 10.1. The predicted molar refractivity (Wildman–Crippen MR) is 71.8 cm³/mol. The third-order valence-electron chi connectivity index (χ3n) is 2.86. The van der Waals surface area contributed by atoms with E-state index in [-0.39, 0.29) is 6.10 Å². The summed E-state index contributed by atoms with van der Waals surface area (Å²) in [5.41, 5.74) is 0.973. The van der Waals surface area contributed by atoms with Crippen LogP contribution in [0.4, 0.5) is 0 Å². The van der Waals surface area contributed by atoms with E-state index in [1.165, 1.54) is 6.42 Å². The second-order valence-corrected chi connectivity index (χ2v) is 6.77. The van der Waals surface area contributed by atoms with Gasteiger partial charge in [0.1, 0.15) is 0 Å². The topological polar surface area (TPSA) is 39.2 Å². The van der Waals surface area contributed by atoms with E-state index in [4.69, 9.17) is 4.74 Å². The summed E-state index contributed by atoms with van der Waals surface area (Å²) in [6.07, 6.45) is 4.58. The summed E-state index contributed by atoms with van der Waals surface area (Å²) < 4.78 is 17.6. The van der Waals surface area contributed by atoms with Crippen LogP contribution >= 0.6 is 11.3 Å². The number of aromatic nitrogens is 1. The highest BCUT2D eigenvalue weighted by molar-refractivity contribution is 7.84. The first kappa shape index (κ1) is 13.2. The number of rotatable bonds is 5. The molecule has 0 unspecified atom stereocenters. The Morgan fingerprint density at radius 2 is 2.47 bits per heavy atom. The first-order valence-corrected chi connectivity index (χ1v) is 8.54. The van der Waals surface area contributed by atoms with E-state index in [2.05, 4.69) is 11.9 Å². The zero-order valence-corrected chi connectivity index (χ0v) is 11.8. The summed E-state index contributed by atoms with van der Waals surface area (Å²) in [6.45, 7) is 2.92. The van der Waals surface area contributed by atoms with Crippen molar-refractivity contribution in [2.75, 3.05) is 12.4 Å². The Balaban J connectivity index is 1.79. The maximum Gasteiger partial charge on any atom is 0.0925 e. The molecule has 0 spiro atoms. The van der Waals surface area contributed by atoms with Gasteiger partial charge in [-0.05, 0) is 25.7 Å². The van der Waals surface area contributed by atoms with E-state index in [1.807, 2.05) is 5.38 Å². The Kier molecular flexibility index (Phi) is 5.13. The third kappa shape index (κ3) is 4.16. The van der Waals surface area contributed by atoms with Crippen LogP contribution < -0.4 is 0 Å². The zero-order valence-electron chi connectivity index (χ0n) is 10.2. The first-order valence-electron chi connectivity index (χ1n) is 6.17. The van der Waals surface area contributed by atoms with Gasteiger partial charge < -0.3 is 4.74 Å². The molecule has 0 radical (unpaired) electrons. The normalized spacial score (nSPS) is 22.5. The highest BCUT2D eigenvalue weighted by atomic mass is 32.2. The average molecular weight is 273 g/mol. The van der Waals surface area contributed by atoms with E-state index in [0.29, 0.717) is 11.5 Å². The largest absolute Gasteiger partial charge is 0.377 e. The molecule has 3 nitrogen and oxygen atoms in total. The molecule has 2 heterocycles. The number of ether oxygens (including phenoxy) is 1. The third-order valence-corrected chi connectivity index (χ3v) is 5.26. The monoisotopic (exact) mass is 273 g/mol. The van der Waals surface area contributed by atoms with Crippen molar-refractivity contribution in [3.63, 3.8) is 0 Å². The van der Waals surface area contributed by atoms with Crippen molar-refractivity contribution in [2.45, 2.75) is 44.5 Å².